The molecule has 0 unspecified atom stereocenters. The molecule has 0 saturated carbocycles. The Hall–Kier alpha value is -3.68. The molecule has 0 spiro atoms. The van der Waals surface area contributed by atoms with E-state index in [1.165, 1.54) is 51.5 Å². The van der Waals surface area contributed by atoms with Crippen LogP contribution in [-0.4, -0.2) is 38.0 Å². The van der Waals surface area contributed by atoms with Crippen LogP contribution in [0.2, 0.25) is 0 Å². The van der Waals surface area contributed by atoms with Crippen molar-refractivity contribution in [3.05, 3.63) is 59.2 Å². The van der Waals surface area contributed by atoms with E-state index in [0.29, 0.717) is 11.3 Å². The van der Waals surface area contributed by atoms with Crippen LogP contribution in [0.25, 0.3) is 0 Å². The standard InChI is InChI=1S/C19H18N2O6/c1-11(22)20-15-6-4-12(5-7-15)17(23)21-16-9-13(18(24)26-2)8-14(10-16)19(25)27-3/h4-10H,1-3H3,(H,20,22)(H,21,23). The predicted molar refractivity (Wildman–Crippen MR) is 97.8 cm³/mol. The van der Waals surface area contributed by atoms with Gasteiger partial charge in [0.15, 0.2) is 0 Å². The zero-order valence-electron chi connectivity index (χ0n) is 15.0. The van der Waals surface area contributed by atoms with Crippen LogP contribution in [0.1, 0.15) is 38.0 Å². The third kappa shape index (κ3) is 5.15. The first-order valence-electron chi connectivity index (χ1n) is 7.84. The van der Waals surface area contributed by atoms with Crippen molar-refractivity contribution in [2.45, 2.75) is 6.92 Å². The van der Waals surface area contributed by atoms with E-state index in [2.05, 4.69) is 20.1 Å². The van der Waals surface area contributed by atoms with Crippen LogP contribution in [0.5, 0.6) is 0 Å². The molecule has 0 radical (unpaired) electrons. The van der Waals surface area contributed by atoms with Gasteiger partial charge in [-0.1, -0.05) is 0 Å². The van der Waals surface area contributed by atoms with Gasteiger partial charge in [-0.3, -0.25) is 9.59 Å². The summed E-state index contributed by atoms with van der Waals surface area (Å²) in [6.45, 7) is 1.38. The number of benzene rings is 2. The zero-order chi connectivity index (χ0) is 20.0. The third-order valence-electron chi connectivity index (χ3n) is 3.50. The molecule has 2 aromatic rings. The quantitative estimate of drug-likeness (QED) is 0.782. The van der Waals surface area contributed by atoms with Crippen LogP contribution < -0.4 is 10.6 Å². The van der Waals surface area contributed by atoms with Crippen LogP contribution in [0.15, 0.2) is 42.5 Å². The minimum absolute atomic E-state index is 0.0942. The lowest BCUT2D eigenvalue weighted by Gasteiger charge is -2.10. The van der Waals surface area contributed by atoms with Crippen molar-refractivity contribution in [1.82, 2.24) is 0 Å². The van der Waals surface area contributed by atoms with Crippen molar-refractivity contribution in [1.29, 1.82) is 0 Å². The summed E-state index contributed by atoms with van der Waals surface area (Å²) in [6.07, 6.45) is 0. The van der Waals surface area contributed by atoms with Crippen LogP contribution in [-0.2, 0) is 14.3 Å². The van der Waals surface area contributed by atoms with Gasteiger partial charge >= 0.3 is 11.9 Å². The van der Waals surface area contributed by atoms with Gasteiger partial charge in [0.25, 0.3) is 5.91 Å². The Labute approximate surface area is 155 Å². The molecule has 0 aliphatic carbocycles. The fraction of sp³-hybridized carbons (Fsp3) is 0.158. The van der Waals surface area contributed by atoms with E-state index in [1.807, 2.05) is 0 Å². The van der Waals surface area contributed by atoms with Crippen molar-refractivity contribution in [3.63, 3.8) is 0 Å². The highest BCUT2D eigenvalue weighted by Crippen LogP contribution is 2.18. The molecule has 0 atom stereocenters. The normalized spacial score (nSPS) is 9.89. The average Bonchev–Trinajstić information content (AvgIpc) is 2.66. The van der Waals surface area contributed by atoms with Crippen molar-refractivity contribution in [2.75, 3.05) is 24.9 Å². The summed E-state index contributed by atoms with van der Waals surface area (Å²) in [7, 11) is 2.42. The number of hydrogen-bond donors (Lipinski definition) is 2. The van der Waals surface area contributed by atoms with Crippen molar-refractivity contribution in [3.8, 4) is 0 Å². The maximum Gasteiger partial charge on any atom is 0.337 e. The molecule has 8 nitrogen and oxygen atoms in total. The van der Waals surface area contributed by atoms with Crippen LogP contribution >= 0.6 is 0 Å². The molecule has 2 rings (SSSR count). The van der Waals surface area contributed by atoms with E-state index in [9.17, 15) is 19.2 Å². The smallest absolute Gasteiger partial charge is 0.337 e. The predicted octanol–water partition coefficient (Wildman–Crippen LogP) is 2.47. The summed E-state index contributed by atoms with van der Waals surface area (Å²) in [5.41, 5.74) is 1.30. The maximum atomic E-state index is 12.4. The second-order valence-corrected chi connectivity index (χ2v) is 5.49. The topological polar surface area (TPSA) is 111 Å². The van der Waals surface area contributed by atoms with Crippen LogP contribution in [0.4, 0.5) is 11.4 Å². The SMILES string of the molecule is COC(=O)c1cc(NC(=O)c2ccc(NC(C)=O)cc2)cc(C(=O)OC)c1. The Bertz CT molecular complexity index is 855. The lowest BCUT2D eigenvalue weighted by Crippen LogP contribution is -2.14. The van der Waals surface area contributed by atoms with E-state index in [4.69, 9.17) is 0 Å². The number of esters is 2. The molecule has 140 valence electrons. The Balaban J connectivity index is 2.26. The van der Waals surface area contributed by atoms with E-state index in [-0.39, 0.29) is 22.7 Å². The second-order valence-electron chi connectivity index (χ2n) is 5.49. The molecule has 0 aromatic heterocycles. The highest BCUT2D eigenvalue weighted by Gasteiger charge is 2.15. The van der Waals surface area contributed by atoms with E-state index in [1.54, 1.807) is 12.1 Å². The molecule has 8 heteroatoms. The monoisotopic (exact) mass is 370 g/mol. The summed E-state index contributed by atoms with van der Waals surface area (Å²) >= 11 is 0. The number of methoxy groups -OCH3 is 2. The molecular weight excluding hydrogens is 352 g/mol. The van der Waals surface area contributed by atoms with Crippen molar-refractivity contribution in [2.24, 2.45) is 0 Å². The molecule has 0 bridgehead atoms. The summed E-state index contributed by atoms with van der Waals surface area (Å²) < 4.78 is 9.31. The number of rotatable bonds is 5. The molecular formula is C19H18N2O6. The fourth-order valence-corrected chi connectivity index (χ4v) is 2.28. The lowest BCUT2D eigenvalue weighted by atomic mass is 10.1. The second kappa shape index (κ2) is 8.61. The van der Waals surface area contributed by atoms with Crippen molar-refractivity contribution >= 4 is 35.1 Å². The maximum absolute atomic E-state index is 12.4. The van der Waals surface area contributed by atoms with Gasteiger partial charge in [0.2, 0.25) is 5.91 Å². The van der Waals surface area contributed by atoms with Gasteiger partial charge in [-0.2, -0.15) is 0 Å². The summed E-state index contributed by atoms with van der Waals surface area (Å²) in [6, 6.07) is 10.3. The molecule has 0 aliphatic rings. The Morgan fingerprint density at radius 3 is 1.67 bits per heavy atom. The number of carbonyl (C=O) groups excluding carboxylic acids is 4. The first kappa shape index (κ1) is 19.6. The van der Waals surface area contributed by atoms with Gasteiger partial charge < -0.3 is 20.1 Å². The Morgan fingerprint density at radius 1 is 0.704 bits per heavy atom. The molecule has 2 amide bonds. The molecule has 27 heavy (non-hydrogen) atoms. The highest BCUT2D eigenvalue weighted by molar-refractivity contribution is 6.06. The third-order valence-corrected chi connectivity index (χ3v) is 3.50. The van der Waals surface area contributed by atoms with E-state index < -0.39 is 17.8 Å². The van der Waals surface area contributed by atoms with Gasteiger partial charge in [0, 0.05) is 23.9 Å². The fourth-order valence-electron chi connectivity index (χ4n) is 2.28. The molecule has 2 aromatic carbocycles. The van der Waals surface area contributed by atoms with Gasteiger partial charge in [0.1, 0.15) is 0 Å². The first-order chi connectivity index (χ1) is 12.8. The van der Waals surface area contributed by atoms with Crippen molar-refractivity contribution < 1.29 is 28.7 Å². The number of hydrogen-bond acceptors (Lipinski definition) is 6. The summed E-state index contributed by atoms with van der Waals surface area (Å²) in [5, 5.41) is 5.22. The molecule has 0 saturated heterocycles. The van der Waals surface area contributed by atoms with Crippen LogP contribution in [0, 0.1) is 0 Å². The molecule has 2 N–H and O–H groups in total. The minimum atomic E-state index is -0.657. The number of amides is 2. The summed E-state index contributed by atoms with van der Waals surface area (Å²) in [4.78, 5) is 47.0. The first-order valence-corrected chi connectivity index (χ1v) is 7.84. The lowest BCUT2D eigenvalue weighted by molar-refractivity contribution is -0.114. The van der Waals surface area contributed by atoms with E-state index >= 15 is 0 Å². The Morgan fingerprint density at radius 2 is 1.22 bits per heavy atom. The molecule has 0 aliphatic heterocycles. The zero-order valence-corrected chi connectivity index (χ0v) is 15.0. The van der Waals surface area contributed by atoms with Gasteiger partial charge in [-0.25, -0.2) is 9.59 Å². The number of nitrogens with one attached hydrogen (secondary N) is 2. The van der Waals surface area contributed by atoms with Gasteiger partial charge in [0.05, 0.1) is 25.3 Å². The highest BCUT2D eigenvalue weighted by atomic mass is 16.5. The average molecular weight is 370 g/mol. The number of carbonyl (C=O) groups is 4. The number of ether oxygens (including phenoxy) is 2. The summed E-state index contributed by atoms with van der Waals surface area (Å²) in [5.74, 6) is -1.99. The van der Waals surface area contributed by atoms with Gasteiger partial charge in [-0.15, -0.1) is 0 Å². The van der Waals surface area contributed by atoms with Gasteiger partial charge in [-0.05, 0) is 42.5 Å². The van der Waals surface area contributed by atoms with E-state index in [0.717, 1.165) is 0 Å². The molecule has 0 heterocycles. The number of anilines is 2. The van der Waals surface area contributed by atoms with Crippen LogP contribution in [0.3, 0.4) is 0 Å². The largest absolute Gasteiger partial charge is 0.465 e. The molecule has 0 fully saturated rings. The Kier molecular flexibility index (Phi) is 6.27. The minimum Gasteiger partial charge on any atom is -0.465 e.